The predicted molar refractivity (Wildman–Crippen MR) is 66.8 cm³/mol. The lowest BCUT2D eigenvalue weighted by Gasteiger charge is -2.13. The van der Waals surface area contributed by atoms with Crippen LogP contribution in [0.1, 0.15) is 12.2 Å². The minimum Gasteiger partial charge on any atom is -0.355 e. The Bertz CT molecular complexity index is 408. The van der Waals surface area contributed by atoms with Crippen LogP contribution in [0.2, 0.25) is 0 Å². The molecule has 0 unspecified atom stereocenters. The van der Waals surface area contributed by atoms with Crippen molar-refractivity contribution in [2.45, 2.75) is 12.8 Å². The Morgan fingerprint density at radius 1 is 1.61 bits per heavy atom. The van der Waals surface area contributed by atoms with Gasteiger partial charge in [0.2, 0.25) is 11.8 Å². The third-order valence-corrected chi connectivity index (χ3v) is 3.48. The lowest BCUT2D eigenvalue weighted by Crippen LogP contribution is -2.38. The number of carbonyl (C=O) groups excluding carboxylic acids is 2. The first-order chi connectivity index (χ1) is 8.75. The van der Waals surface area contributed by atoms with Crippen molar-refractivity contribution in [1.82, 2.24) is 25.4 Å². The minimum absolute atomic E-state index is 0.0387. The van der Waals surface area contributed by atoms with Crippen LogP contribution in [-0.2, 0) is 16.0 Å². The molecule has 1 aromatic rings. The molecule has 2 rings (SSSR count). The molecule has 2 amide bonds. The number of amides is 2. The largest absolute Gasteiger partial charge is 0.355 e. The maximum absolute atomic E-state index is 11.6. The second-order valence-electron chi connectivity index (χ2n) is 3.95. The van der Waals surface area contributed by atoms with Gasteiger partial charge in [-0.2, -0.15) is 5.10 Å². The summed E-state index contributed by atoms with van der Waals surface area (Å²) >= 11 is 1.54. The average Bonchev–Trinajstić information content (AvgIpc) is 2.98. The molecule has 0 radical (unpaired) electrons. The summed E-state index contributed by atoms with van der Waals surface area (Å²) in [6.07, 6.45) is 3.01. The number of nitrogens with one attached hydrogen (secondary N) is 2. The van der Waals surface area contributed by atoms with Gasteiger partial charge in [0.05, 0.1) is 11.6 Å². The number of H-pyrrole nitrogens is 1. The van der Waals surface area contributed by atoms with Crippen LogP contribution in [0.25, 0.3) is 0 Å². The van der Waals surface area contributed by atoms with Gasteiger partial charge < -0.3 is 10.2 Å². The zero-order valence-electron chi connectivity index (χ0n) is 9.89. The van der Waals surface area contributed by atoms with Crippen LogP contribution in [0.15, 0.2) is 6.33 Å². The lowest BCUT2D eigenvalue weighted by molar-refractivity contribution is -0.132. The first-order valence-electron chi connectivity index (χ1n) is 5.72. The van der Waals surface area contributed by atoms with Crippen LogP contribution < -0.4 is 5.32 Å². The molecule has 1 aromatic heterocycles. The second kappa shape index (κ2) is 6.39. The van der Waals surface area contributed by atoms with Crippen molar-refractivity contribution in [3.05, 3.63) is 12.2 Å². The molecule has 0 aromatic carbocycles. The molecule has 98 valence electrons. The number of carbonyl (C=O) groups is 2. The SMILES string of the molecule is O=C(CN1CSCC1=O)NCCCc1ncn[nH]1. The lowest BCUT2D eigenvalue weighted by atomic mass is 10.3. The van der Waals surface area contributed by atoms with Gasteiger partial charge in [0, 0.05) is 13.0 Å². The van der Waals surface area contributed by atoms with Crippen LogP contribution in [0.5, 0.6) is 0 Å². The molecule has 18 heavy (non-hydrogen) atoms. The Hall–Kier alpha value is -1.57. The van der Waals surface area contributed by atoms with Crippen LogP contribution >= 0.6 is 11.8 Å². The highest BCUT2D eigenvalue weighted by Gasteiger charge is 2.22. The Balaban J connectivity index is 1.58. The average molecular weight is 269 g/mol. The molecule has 2 heterocycles. The zero-order valence-corrected chi connectivity index (χ0v) is 10.7. The van der Waals surface area contributed by atoms with Crippen LogP contribution in [0.3, 0.4) is 0 Å². The molecule has 0 spiro atoms. The highest BCUT2D eigenvalue weighted by molar-refractivity contribution is 8.00. The van der Waals surface area contributed by atoms with Crippen LogP contribution in [-0.4, -0.2) is 56.6 Å². The van der Waals surface area contributed by atoms with E-state index in [0.717, 1.165) is 18.7 Å². The summed E-state index contributed by atoms with van der Waals surface area (Å²) in [6.45, 7) is 0.739. The summed E-state index contributed by atoms with van der Waals surface area (Å²) in [7, 11) is 0. The van der Waals surface area contributed by atoms with Gasteiger partial charge in [-0.3, -0.25) is 14.7 Å². The minimum atomic E-state index is -0.108. The van der Waals surface area contributed by atoms with E-state index in [9.17, 15) is 9.59 Å². The quantitative estimate of drug-likeness (QED) is 0.672. The Kier molecular flexibility index (Phi) is 4.57. The fourth-order valence-electron chi connectivity index (χ4n) is 1.60. The Labute approximate surface area is 109 Å². The second-order valence-corrected chi connectivity index (χ2v) is 4.91. The van der Waals surface area contributed by atoms with E-state index in [-0.39, 0.29) is 18.4 Å². The van der Waals surface area contributed by atoms with E-state index < -0.39 is 0 Å². The zero-order chi connectivity index (χ0) is 12.8. The van der Waals surface area contributed by atoms with E-state index in [2.05, 4.69) is 20.5 Å². The molecule has 7 nitrogen and oxygen atoms in total. The molecule has 8 heteroatoms. The molecule has 2 N–H and O–H groups in total. The van der Waals surface area contributed by atoms with E-state index >= 15 is 0 Å². The number of rotatable bonds is 6. The number of hydrogen-bond donors (Lipinski definition) is 2. The summed E-state index contributed by atoms with van der Waals surface area (Å²) < 4.78 is 0. The number of aromatic nitrogens is 3. The van der Waals surface area contributed by atoms with Crippen molar-refractivity contribution in [3.63, 3.8) is 0 Å². The summed E-state index contributed by atoms with van der Waals surface area (Å²) in [5.74, 6) is 1.85. The maximum Gasteiger partial charge on any atom is 0.239 e. The van der Waals surface area contributed by atoms with Crippen molar-refractivity contribution in [2.24, 2.45) is 0 Å². The van der Waals surface area contributed by atoms with E-state index in [1.165, 1.54) is 18.1 Å². The van der Waals surface area contributed by atoms with Gasteiger partial charge in [-0.05, 0) is 6.42 Å². The van der Waals surface area contributed by atoms with Gasteiger partial charge >= 0.3 is 0 Å². The third-order valence-electron chi connectivity index (χ3n) is 2.54. The molecule has 1 fully saturated rings. The van der Waals surface area contributed by atoms with E-state index in [4.69, 9.17) is 0 Å². The summed E-state index contributed by atoms with van der Waals surface area (Å²) in [5, 5.41) is 9.29. The van der Waals surface area contributed by atoms with Crippen molar-refractivity contribution in [3.8, 4) is 0 Å². The molecule has 1 aliphatic heterocycles. The van der Waals surface area contributed by atoms with Crippen molar-refractivity contribution in [2.75, 3.05) is 24.7 Å². The standard InChI is InChI=1S/C10H15N5O2S/c16-9(4-15-7-18-5-10(15)17)11-3-1-2-8-12-6-13-14-8/h6H,1-5,7H2,(H,11,16)(H,12,13,14). The monoisotopic (exact) mass is 269 g/mol. The summed E-state index contributed by atoms with van der Waals surface area (Å²) in [6, 6.07) is 0. The number of hydrogen-bond acceptors (Lipinski definition) is 5. The van der Waals surface area contributed by atoms with Gasteiger partial charge in [-0.25, -0.2) is 4.98 Å². The number of aryl methyl sites for hydroxylation is 1. The van der Waals surface area contributed by atoms with E-state index in [1.807, 2.05) is 0 Å². The number of thioether (sulfide) groups is 1. The molecular weight excluding hydrogens is 254 g/mol. The predicted octanol–water partition coefficient (Wildman–Crippen LogP) is -0.614. The molecule has 1 aliphatic rings. The number of nitrogens with zero attached hydrogens (tertiary/aromatic N) is 3. The third kappa shape index (κ3) is 3.73. The van der Waals surface area contributed by atoms with E-state index in [0.29, 0.717) is 18.2 Å². The number of aromatic amines is 1. The topological polar surface area (TPSA) is 91.0 Å². The first-order valence-corrected chi connectivity index (χ1v) is 6.87. The fraction of sp³-hybridized carbons (Fsp3) is 0.600. The van der Waals surface area contributed by atoms with Gasteiger partial charge in [0.1, 0.15) is 18.7 Å². The fourth-order valence-corrected chi connectivity index (χ4v) is 2.51. The van der Waals surface area contributed by atoms with E-state index in [1.54, 1.807) is 4.90 Å². The normalized spacial score (nSPS) is 15.1. The Morgan fingerprint density at radius 3 is 3.17 bits per heavy atom. The summed E-state index contributed by atoms with van der Waals surface area (Å²) in [5.41, 5.74) is 0. The molecule has 0 bridgehead atoms. The highest BCUT2D eigenvalue weighted by atomic mass is 32.2. The van der Waals surface area contributed by atoms with Crippen LogP contribution in [0, 0.1) is 0 Å². The van der Waals surface area contributed by atoms with Crippen LogP contribution in [0.4, 0.5) is 0 Å². The molecule has 0 atom stereocenters. The van der Waals surface area contributed by atoms with Gasteiger partial charge in [0.15, 0.2) is 0 Å². The van der Waals surface area contributed by atoms with Crippen molar-refractivity contribution < 1.29 is 9.59 Å². The van der Waals surface area contributed by atoms with Gasteiger partial charge in [-0.1, -0.05) is 0 Å². The first kappa shape index (κ1) is 12.9. The molecular formula is C10H15N5O2S. The van der Waals surface area contributed by atoms with Gasteiger partial charge in [-0.15, -0.1) is 11.8 Å². The smallest absolute Gasteiger partial charge is 0.239 e. The van der Waals surface area contributed by atoms with Crippen molar-refractivity contribution in [1.29, 1.82) is 0 Å². The molecule has 0 aliphatic carbocycles. The summed E-state index contributed by atoms with van der Waals surface area (Å²) in [4.78, 5) is 28.4. The van der Waals surface area contributed by atoms with Gasteiger partial charge in [0.25, 0.3) is 0 Å². The molecule has 1 saturated heterocycles. The highest BCUT2D eigenvalue weighted by Crippen LogP contribution is 2.13. The van der Waals surface area contributed by atoms with Crippen molar-refractivity contribution >= 4 is 23.6 Å². The Morgan fingerprint density at radius 2 is 2.50 bits per heavy atom. The molecule has 0 saturated carbocycles. The maximum atomic E-state index is 11.6.